The number of ether oxygens (including phenoxy) is 1. The van der Waals surface area contributed by atoms with Gasteiger partial charge in [-0.3, -0.25) is 9.59 Å². The van der Waals surface area contributed by atoms with E-state index in [0.29, 0.717) is 31.4 Å². The summed E-state index contributed by atoms with van der Waals surface area (Å²) in [6.07, 6.45) is 4.83. The lowest BCUT2D eigenvalue weighted by atomic mass is 10.1. The first-order valence-corrected chi connectivity index (χ1v) is 9.24. The van der Waals surface area contributed by atoms with Gasteiger partial charge in [0.15, 0.2) is 0 Å². The number of H-pyrrole nitrogens is 1. The van der Waals surface area contributed by atoms with Gasteiger partial charge in [-0.25, -0.2) is 4.98 Å². The number of rotatable bonds is 5. The predicted octanol–water partition coefficient (Wildman–Crippen LogP) is 1.98. The zero-order valence-corrected chi connectivity index (χ0v) is 15.0. The van der Waals surface area contributed by atoms with Crippen LogP contribution in [0, 0.1) is 5.92 Å². The number of methoxy groups -OCH3 is 1. The number of carbonyl (C=O) groups excluding carboxylic acids is 2. The lowest BCUT2D eigenvalue weighted by molar-refractivity contribution is -0.130. The van der Waals surface area contributed by atoms with Gasteiger partial charge in [0.05, 0.1) is 30.6 Å². The van der Waals surface area contributed by atoms with Gasteiger partial charge >= 0.3 is 0 Å². The summed E-state index contributed by atoms with van der Waals surface area (Å²) < 4.78 is 5.21. The number of aromatic amines is 1. The van der Waals surface area contributed by atoms with Crippen LogP contribution in [0.2, 0.25) is 0 Å². The molecule has 1 aliphatic carbocycles. The number of benzene rings is 1. The van der Waals surface area contributed by atoms with Crippen LogP contribution in [-0.2, 0) is 16.1 Å². The summed E-state index contributed by atoms with van der Waals surface area (Å²) in [5.41, 5.74) is 1.70. The Kier molecular flexibility index (Phi) is 4.53. The van der Waals surface area contributed by atoms with E-state index in [1.165, 1.54) is 12.8 Å². The van der Waals surface area contributed by atoms with Crippen LogP contribution in [-0.4, -0.2) is 46.4 Å². The molecule has 2 heterocycles. The number of carbonyl (C=O) groups is 2. The second-order valence-electron chi connectivity index (χ2n) is 7.17. The molecule has 1 aliphatic heterocycles. The van der Waals surface area contributed by atoms with Gasteiger partial charge < -0.3 is 19.9 Å². The van der Waals surface area contributed by atoms with E-state index >= 15 is 0 Å². The number of hydrogen-bond donors (Lipinski definition) is 2. The standard InChI is InChI=1S/C19H24N4O3/c1-26-14-6-7-15-16(9-14)22-17(21-15)10-20-19(25)12-8-18(24)23(11-12)13-4-2-3-5-13/h6-7,9,12-13H,2-5,8,10-11H2,1H3,(H,20,25)(H,21,22)/t12-/m0/s1. The molecule has 26 heavy (non-hydrogen) atoms. The molecule has 7 nitrogen and oxygen atoms in total. The molecule has 1 atom stereocenters. The molecular weight excluding hydrogens is 332 g/mol. The topological polar surface area (TPSA) is 87.3 Å². The number of fused-ring (bicyclic) bond motifs is 1. The molecule has 2 amide bonds. The Morgan fingerprint density at radius 1 is 1.38 bits per heavy atom. The highest BCUT2D eigenvalue weighted by Crippen LogP contribution is 2.29. The van der Waals surface area contributed by atoms with Gasteiger partial charge in [0, 0.05) is 25.1 Å². The molecule has 1 aromatic carbocycles. The van der Waals surface area contributed by atoms with E-state index in [1.54, 1.807) is 7.11 Å². The molecule has 0 radical (unpaired) electrons. The number of imidazole rings is 1. The van der Waals surface area contributed by atoms with E-state index in [-0.39, 0.29) is 17.7 Å². The van der Waals surface area contributed by atoms with Crippen LogP contribution in [0.15, 0.2) is 18.2 Å². The first-order valence-electron chi connectivity index (χ1n) is 9.24. The van der Waals surface area contributed by atoms with E-state index < -0.39 is 0 Å². The first-order chi connectivity index (χ1) is 12.6. The van der Waals surface area contributed by atoms with Crippen molar-refractivity contribution in [1.29, 1.82) is 0 Å². The third kappa shape index (κ3) is 3.25. The van der Waals surface area contributed by atoms with Crippen molar-refractivity contribution in [3.8, 4) is 5.75 Å². The summed E-state index contributed by atoms with van der Waals surface area (Å²) in [7, 11) is 1.62. The van der Waals surface area contributed by atoms with Gasteiger partial charge in [-0.2, -0.15) is 0 Å². The highest BCUT2D eigenvalue weighted by molar-refractivity contribution is 5.89. The Morgan fingerprint density at radius 2 is 2.19 bits per heavy atom. The zero-order valence-electron chi connectivity index (χ0n) is 15.0. The Hall–Kier alpha value is -2.57. The van der Waals surface area contributed by atoms with E-state index in [0.717, 1.165) is 29.6 Å². The molecule has 1 saturated heterocycles. The van der Waals surface area contributed by atoms with Gasteiger partial charge in [0.25, 0.3) is 0 Å². The third-order valence-corrected chi connectivity index (χ3v) is 5.46. The molecule has 2 aliphatic rings. The summed E-state index contributed by atoms with van der Waals surface area (Å²) in [6.45, 7) is 0.872. The predicted molar refractivity (Wildman–Crippen MR) is 96.6 cm³/mol. The maximum Gasteiger partial charge on any atom is 0.225 e. The minimum absolute atomic E-state index is 0.0723. The fourth-order valence-electron chi connectivity index (χ4n) is 4.04. The first kappa shape index (κ1) is 16.9. The van der Waals surface area contributed by atoms with Crippen molar-refractivity contribution in [3.05, 3.63) is 24.0 Å². The maximum absolute atomic E-state index is 12.5. The summed E-state index contributed by atoms with van der Waals surface area (Å²) in [4.78, 5) is 34.3. The molecule has 1 saturated carbocycles. The van der Waals surface area contributed by atoms with Crippen molar-refractivity contribution >= 4 is 22.8 Å². The Labute approximate surface area is 152 Å². The van der Waals surface area contributed by atoms with Gasteiger partial charge in [0.1, 0.15) is 11.6 Å². The monoisotopic (exact) mass is 356 g/mol. The molecule has 2 aromatic rings. The lowest BCUT2D eigenvalue weighted by Crippen LogP contribution is -2.36. The fraction of sp³-hybridized carbons (Fsp3) is 0.526. The normalized spacial score (nSPS) is 20.9. The van der Waals surface area contributed by atoms with Gasteiger partial charge in [-0.1, -0.05) is 12.8 Å². The van der Waals surface area contributed by atoms with Crippen LogP contribution in [0.4, 0.5) is 0 Å². The smallest absolute Gasteiger partial charge is 0.225 e. The van der Waals surface area contributed by atoms with Gasteiger partial charge in [0.2, 0.25) is 11.8 Å². The molecule has 0 bridgehead atoms. The lowest BCUT2D eigenvalue weighted by Gasteiger charge is -2.23. The van der Waals surface area contributed by atoms with Crippen molar-refractivity contribution in [3.63, 3.8) is 0 Å². The van der Waals surface area contributed by atoms with Crippen LogP contribution < -0.4 is 10.1 Å². The Morgan fingerprint density at radius 3 is 2.96 bits per heavy atom. The molecular formula is C19H24N4O3. The minimum atomic E-state index is -0.257. The molecule has 0 spiro atoms. The van der Waals surface area contributed by atoms with Crippen LogP contribution in [0.5, 0.6) is 5.75 Å². The molecule has 2 fully saturated rings. The third-order valence-electron chi connectivity index (χ3n) is 5.46. The number of hydrogen-bond acceptors (Lipinski definition) is 4. The van der Waals surface area contributed by atoms with Crippen molar-refractivity contribution in [2.24, 2.45) is 5.92 Å². The van der Waals surface area contributed by atoms with Crippen LogP contribution >= 0.6 is 0 Å². The number of amides is 2. The molecule has 138 valence electrons. The minimum Gasteiger partial charge on any atom is -0.497 e. The van der Waals surface area contributed by atoms with Crippen LogP contribution in [0.3, 0.4) is 0 Å². The SMILES string of the molecule is COc1ccc2nc(CNC(=O)[C@H]3CC(=O)N(C4CCCC4)C3)[nH]c2c1. The van der Waals surface area contributed by atoms with Crippen molar-refractivity contribution in [1.82, 2.24) is 20.2 Å². The highest BCUT2D eigenvalue weighted by atomic mass is 16.5. The largest absolute Gasteiger partial charge is 0.497 e. The van der Waals surface area contributed by atoms with E-state index in [9.17, 15) is 9.59 Å². The van der Waals surface area contributed by atoms with E-state index in [4.69, 9.17) is 4.74 Å². The quantitative estimate of drug-likeness (QED) is 0.857. The molecule has 0 unspecified atom stereocenters. The number of nitrogens with zero attached hydrogens (tertiary/aromatic N) is 2. The highest BCUT2D eigenvalue weighted by Gasteiger charge is 2.38. The second-order valence-corrected chi connectivity index (χ2v) is 7.17. The van der Waals surface area contributed by atoms with Gasteiger partial charge in [-0.15, -0.1) is 0 Å². The summed E-state index contributed by atoms with van der Waals surface area (Å²) in [6, 6.07) is 5.95. The van der Waals surface area contributed by atoms with E-state index in [2.05, 4.69) is 15.3 Å². The number of likely N-dealkylation sites (tertiary alicyclic amines) is 1. The summed E-state index contributed by atoms with van der Waals surface area (Å²) >= 11 is 0. The fourth-order valence-corrected chi connectivity index (χ4v) is 4.04. The van der Waals surface area contributed by atoms with E-state index in [1.807, 2.05) is 23.1 Å². The molecule has 7 heteroatoms. The van der Waals surface area contributed by atoms with Crippen molar-refractivity contribution < 1.29 is 14.3 Å². The van der Waals surface area contributed by atoms with Gasteiger partial charge in [-0.05, 0) is 25.0 Å². The second kappa shape index (κ2) is 6.97. The summed E-state index contributed by atoms with van der Waals surface area (Å²) in [5.74, 6) is 1.24. The van der Waals surface area contributed by atoms with Crippen LogP contribution in [0.25, 0.3) is 11.0 Å². The summed E-state index contributed by atoms with van der Waals surface area (Å²) in [5, 5.41) is 2.92. The maximum atomic E-state index is 12.5. The molecule has 4 rings (SSSR count). The average molecular weight is 356 g/mol. The molecule has 1 aromatic heterocycles. The van der Waals surface area contributed by atoms with Crippen LogP contribution in [0.1, 0.15) is 37.9 Å². The Balaban J connectivity index is 1.36. The van der Waals surface area contributed by atoms with Crippen molar-refractivity contribution in [2.75, 3.05) is 13.7 Å². The average Bonchev–Trinajstić information content (AvgIpc) is 3.37. The zero-order chi connectivity index (χ0) is 18.1. The number of nitrogens with one attached hydrogen (secondary N) is 2. The number of aromatic nitrogens is 2. The van der Waals surface area contributed by atoms with Crippen molar-refractivity contribution in [2.45, 2.75) is 44.7 Å². The molecule has 2 N–H and O–H groups in total. The Bertz CT molecular complexity index is 825.